The summed E-state index contributed by atoms with van der Waals surface area (Å²) in [5, 5.41) is 0. The maximum atomic E-state index is 13.3. The van der Waals surface area contributed by atoms with Gasteiger partial charge in [-0.3, -0.25) is 9.59 Å². The van der Waals surface area contributed by atoms with Crippen molar-refractivity contribution in [3.05, 3.63) is 35.4 Å². The number of hydrogen-bond donors (Lipinski definition) is 0. The Balaban J connectivity index is 3.04. The summed E-state index contributed by atoms with van der Waals surface area (Å²) >= 11 is 0. The molecule has 1 rings (SSSR count). The fraction of sp³-hybridized carbons (Fsp3) is 0.333. The Morgan fingerprint density at radius 2 is 1.76 bits per heavy atom. The van der Waals surface area contributed by atoms with Gasteiger partial charge in [0.2, 0.25) is 0 Å². The lowest BCUT2D eigenvalue weighted by Crippen LogP contribution is -2.36. The summed E-state index contributed by atoms with van der Waals surface area (Å²) in [5.74, 6) is -3.48. The second kappa shape index (κ2) is 5.52. The Hall–Kier alpha value is -1.78. The number of Topliss-reactive ketones (excluding diaryl/α,β-unsaturated/α-hetero) is 1. The molecule has 0 aliphatic carbocycles. The fourth-order valence-corrected chi connectivity index (χ4v) is 1.44. The third kappa shape index (κ3) is 2.87. The van der Waals surface area contributed by atoms with Crippen LogP contribution < -0.4 is 0 Å². The normalized spacial score (nSPS) is 10.1. The van der Waals surface area contributed by atoms with Gasteiger partial charge >= 0.3 is 0 Å². The van der Waals surface area contributed by atoms with Crippen LogP contribution in [0, 0.1) is 11.6 Å². The molecular formula is C12H13F2NO2. The average molecular weight is 241 g/mol. The van der Waals surface area contributed by atoms with E-state index >= 15 is 0 Å². The topological polar surface area (TPSA) is 37.4 Å². The Labute approximate surface area is 98.0 Å². The second-order valence-corrected chi connectivity index (χ2v) is 3.43. The zero-order valence-electron chi connectivity index (χ0n) is 9.67. The predicted octanol–water partition coefficient (Wildman–Crippen LogP) is 2.02. The van der Waals surface area contributed by atoms with Crippen molar-refractivity contribution in [3.63, 3.8) is 0 Å². The van der Waals surface area contributed by atoms with Gasteiger partial charge in [0.15, 0.2) is 0 Å². The van der Waals surface area contributed by atoms with Crippen LogP contribution in [0.5, 0.6) is 0 Å². The first-order chi connectivity index (χ1) is 8.01. The molecule has 0 bridgehead atoms. The van der Waals surface area contributed by atoms with Crippen molar-refractivity contribution >= 4 is 11.7 Å². The summed E-state index contributed by atoms with van der Waals surface area (Å²) < 4.78 is 26.2. The van der Waals surface area contributed by atoms with Gasteiger partial charge < -0.3 is 4.90 Å². The minimum absolute atomic E-state index is 0.345. The van der Waals surface area contributed by atoms with Crippen LogP contribution in [0.1, 0.15) is 24.2 Å². The Morgan fingerprint density at radius 1 is 1.18 bits per heavy atom. The first-order valence-corrected chi connectivity index (χ1v) is 5.29. The van der Waals surface area contributed by atoms with Crippen LogP contribution in [0.3, 0.4) is 0 Å². The summed E-state index contributed by atoms with van der Waals surface area (Å²) in [6, 6.07) is 2.46. The molecule has 0 atom stereocenters. The lowest BCUT2D eigenvalue weighted by Gasteiger charge is -2.17. The van der Waals surface area contributed by atoms with E-state index < -0.39 is 28.9 Å². The van der Waals surface area contributed by atoms with E-state index in [1.807, 2.05) is 0 Å². The smallest absolute Gasteiger partial charge is 0.295 e. The molecule has 0 spiro atoms. The van der Waals surface area contributed by atoms with E-state index in [1.54, 1.807) is 13.8 Å². The average Bonchev–Trinajstić information content (AvgIpc) is 2.32. The van der Waals surface area contributed by atoms with Crippen LogP contribution in [0.2, 0.25) is 0 Å². The minimum Gasteiger partial charge on any atom is -0.336 e. The molecule has 5 heteroatoms. The molecule has 3 nitrogen and oxygen atoms in total. The molecule has 0 saturated heterocycles. The van der Waals surface area contributed by atoms with Gasteiger partial charge in [-0.1, -0.05) is 0 Å². The summed E-state index contributed by atoms with van der Waals surface area (Å²) in [7, 11) is 0. The highest BCUT2D eigenvalue weighted by atomic mass is 19.1. The van der Waals surface area contributed by atoms with E-state index in [0.29, 0.717) is 13.1 Å². The highest BCUT2D eigenvalue weighted by molar-refractivity contribution is 6.42. The lowest BCUT2D eigenvalue weighted by molar-refractivity contribution is -0.126. The van der Waals surface area contributed by atoms with Crippen LogP contribution in [-0.2, 0) is 4.79 Å². The number of likely N-dealkylation sites (N-methyl/N-ethyl adjacent to an activating group) is 1. The molecule has 0 fully saturated rings. The van der Waals surface area contributed by atoms with Gasteiger partial charge in [-0.2, -0.15) is 0 Å². The van der Waals surface area contributed by atoms with Crippen molar-refractivity contribution in [1.82, 2.24) is 4.90 Å². The van der Waals surface area contributed by atoms with Gasteiger partial charge in [-0.15, -0.1) is 0 Å². The molecule has 0 unspecified atom stereocenters. The van der Waals surface area contributed by atoms with Gasteiger partial charge in [-0.05, 0) is 32.0 Å². The molecule has 0 aromatic heterocycles. The largest absolute Gasteiger partial charge is 0.336 e. The molecule has 0 heterocycles. The number of nitrogens with zero attached hydrogens (tertiary/aromatic N) is 1. The van der Waals surface area contributed by atoms with Gasteiger partial charge in [0.05, 0.1) is 5.56 Å². The monoisotopic (exact) mass is 241 g/mol. The maximum Gasteiger partial charge on any atom is 0.295 e. The van der Waals surface area contributed by atoms with Crippen LogP contribution in [-0.4, -0.2) is 29.7 Å². The van der Waals surface area contributed by atoms with Crippen molar-refractivity contribution in [2.75, 3.05) is 13.1 Å². The first kappa shape index (κ1) is 13.3. The molecule has 1 aromatic carbocycles. The SMILES string of the molecule is CCN(CC)C(=O)C(=O)c1cc(F)ccc1F. The maximum absolute atomic E-state index is 13.3. The third-order valence-electron chi connectivity index (χ3n) is 2.42. The van der Waals surface area contributed by atoms with Crippen molar-refractivity contribution in [2.24, 2.45) is 0 Å². The van der Waals surface area contributed by atoms with E-state index in [0.717, 1.165) is 18.2 Å². The second-order valence-electron chi connectivity index (χ2n) is 3.43. The molecule has 92 valence electrons. The van der Waals surface area contributed by atoms with E-state index in [-0.39, 0.29) is 0 Å². The molecule has 1 aromatic rings. The van der Waals surface area contributed by atoms with Crippen molar-refractivity contribution in [1.29, 1.82) is 0 Å². The number of halogens is 2. The summed E-state index contributed by atoms with van der Waals surface area (Å²) in [6.07, 6.45) is 0. The summed E-state index contributed by atoms with van der Waals surface area (Å²) in [4.78, 5) is 24.6. The molecule has 1 amide bonds. The number of carbonyl (C=O) groups excluding carboxylic acids is 2. The quantitative estimate of drug-likeness (QED) is 0.597. The Kier molecular flexibility index (Phi) is 4.31. The van der Waals surface area contributed by atoms with Crippen LogP contribution in [0.15, 0.2) is 18.2 Å². The highest BCUT2D eigenvalue weighted by Crippen LogP contribution is 2.11. The number of carbonyl (C=O) groups is 2. The van der Waals surface area contributed by atoms with Crippen molar-refractivity contribution < 1.29 is 18.4 Å². The number of rotatable bonds is 4. The Morgan fingerprint density at radius 3 is 2.29 bits per heavy atom. The zero-order valence-corrected chi connectivity index (χ0v) is 9.67. The first-order valence-electron chi connectivity index (χ1n) is 5.29. The molecule has 0 aliphatic rings. The molecule has 17 heavy (non-hydrogen) atoms. The van der Waals surface area contributed by atoms with Crippen molar-refractivity contribution in [3.8, 4) is 0 Å². The molecular weight excluding hydrogens is 228 g/mol. The van der Waals surface area contributed by atoms with Gasteiger partial charge in [0.25, 0.3) is 11.7 Å². The van der Waals surface area contributed by atoms with Crippen LogP contribution in [0.4, 0.5) is 8.78 Å². The summed E-state index contributed by atoms with van der Waals surface area (Å²) in [6.45, 7) is 4.10. The minimum atomic E-state index is -1.02. The number of ketones is 1. The number of benzene rings is 1. The van der Waals surface area contributed by atoms with Crippen molar-refractivity contribution in [2.45, 2.75) is 13.8 Å². The van der Waals surface area contributed by atoms with Gasteiger partial charge in [-0.25, -0.2) is 8.78 Å². The van der Waals surface area contributed by atoms with E-state index in [1.165, 1.54) is 4.90 Å². The van der Waals surface area contributed by atoms with Gasteiger partial charge in [0, 0.05) is 13.1 Å². The number of amides is 1. The van der Waals surface area contributed by atoms with Gasteiger partial charge in [0.1, 0.15) is 11.6 Å². The zero-order chi connectivity index (χ0) is 13.0. The standard InChI is InChI=1S/C12H13F2NO2/c1-3-15(4-2)12(17)11(16)9-7-8(13)5-6-10(9)14/h5-7H,3-4H2,1-2H3. The molecule has 0 N–H and O–H groups in total. The van der Waals surface area contributed by atoms with E-state index in [4.69, 9.17) is 0 Å². The molecule has 0 saturated carbocycles. The number of hydrogen-bond acceptors (Lipinski definition) is 2. The third-order valence-corrected chi connectivity index (χ3v) is 2.42. The Bertz CT molecular complexity index is 442. The molecule has 0 aliphatic heterocycles. The highest BCUT2D eigenvalue weighted by Gasteiger charge is 2.24. The van der Waals surface area contributed by atoms with Crippen LogP contribution >= 0.6 is 0 Å². The van der Waals surface area contributed by atoms with E-state index in [9.17, 15) is 18.4 Å². The van der Waals surface area contributed by atoms with Crippen LogP contribution in [0.25, 0.3) is 0 Å². The molecule has 0 radical (unpaired) electrons. The fourth-order valence-electron chi connectivity index (χ4n) is 1.44. The summed E-state index contributed by atoms with van der Waals surface area (Å²) in [5.41, 5.74) is -0.526. The lowest BCUT2D eigenvalue weighted by atomic mass is 10.1. The van der Waals surface area contributed by atoms with E-state index in [2.05, 4.69) is 0 Å². The predicted molar refractivity (Wildman–Crippen MR) is 58.6 cm³/mol.